The van der Waals surface area contributed by atoms with Gasteiger partial charge in [-0.2, -0.15) is 5.10 Å². The first kappa shape index (κ1) is 28.5. The largest absolute Gasteiger partial charge is 0.484 e. The highest BCUT2D eigenvalue weighted by molar-refractivity contribution is 7.14. The van der Waals surface area contributed by atoms with E-state index in [1.54, 1.807) is 30.3 Å². The van der Waals surface area contributed by atoms with Crippen LogP contribution in [0.2, 0.25) is 5.02 Å². The molecular weight excluding hydrogens is 570 g/mol. The summed E-state index contributed by atoms with van der Waals surface area (Å²) >= 11 is 7.43. The molecule has 0 fully saturated rings. The number of carbonyl (C=O) groups excluding carboxylic acids is 2. The number of aromatic nitrogens is 1. The molecule has 0 aliphatic carbocycles. The molecule has 0 atom stereocenters. The van der Waals surface area contributed by atoms with Gasteiger partial charge < -0.3 is 15.4 Å². The molecule has 0 saturated heterocycles. The Kier molecular flexibility index (Phi) is 9.23. The van der Waals surface area contributed by atoms with Crippen molar-refractivity contribution in [2.24, 2.45) is 5.10 Å². The molecule has 3 N–H and O–H groups in total. The number of halogens is 1. The van der Waals surface area contributed by atoms with E-state index in [4.69, 9.17) is 16.3 Å². The van der Waals surface area contributed by atoms with E-state index >= 15 is 0 Å². The average Bonchev–Trinajstić information content (AvgIpc) is 3.47. The Balaban J connectivity index is 1.11. The van der Waals surface area contributed by atoms with Crippen LogP contribution in [-0.2, 0) is 4.79 Å². The molecule has 42 heavy (non-hydrogen) atoms. The van der Waals surface area contributed by atoms with E-state index in [2.05, 4.69) is 26.1 Å². The first-order valence-electron chi connectivity index (χ1n) is 12.9. The molecule has 5 aromatic rings. The zero-order valence-corrected chi connectivity index (χ0v) is 24.1. The fourth-order valence-corrected chi connectivity index (χ4v) is 4.68. The van der Waals surface area contributed by atoms with Crippen LogP contribution in [0, 0.1) is 6.92 Å². The van der Waals surface area contributed by atoms with Crippen LogP contribution in [0.3, 0.4) is 0 Å². The SMILES string of the molecule is Cc1ccc(NC(=O)COc2cccc(/C=N\NC(=O)c3ccc(-c4csc(Nc5ccc(Cl)cc5)n4)cc3)c2)cc1. The number of hydrogen-bond acceptors (Lipinski definition) is 7. The molecule has 2 amide bonds. The van der Waals surface area contributed by atoms with Crippen LogP contribution < -0.4 is 20.8 Å². The summed E-state index contributed by atoms with van der Waals surface area (Å²) in [5.74, 6) is -0.101. The Morgan fingerprint density at radius 1 is 0.952 bits per heavy atom. The number of hydrazone groups is 1. The summed E-state index contributed by atoms with van der Waals surface area (Å²) in [6.45, 7) is 1.85. The Morgan fingerprint density at radius 2 is 1.69 bits per heavy atom. The summed E-state index contributed by atoms with van der Waals surface area (Å²) < 4.78 is 5.61. The topological polar surface area (TPSA) is 105 Å². The first-order valence-corrected chi connectivity index (χ1v) is 14.2. The zero-order valence-electron chi connectivity index (χ0n) is 22.5. The van der Waals surface area contributed by atoms with E-state index in [0.717, 1.165) is 27.6 Å². The maximum Gasteiger partial charge on any atom is 0.271 e. The van der Waals surface area contributed by atoms with Gasteiger partial charge in [-0.15, -0.1) is 11.3 Å². The van der Waals surface area contributed by atoms with E-state index in [-0.39, 0.29) is 18.4 Å². The van der Waals surface area contributed by atoms with E-state index in [0.29, 0.717) is 27.6 Å². The number of benzene rings is 4. The monoisotopic (exact) mass is 595 g/mol. The summed E-state index contributed by atoms with van der Waals surface area (Å²) in [6, 6.07) is 29.1. The van der Waals surface area contributed by atoms with Gasteiger partial charge in [-0.05, 0) is 73.2 Å². The zero-order chi connectivity index (χ0) is 29.3. The molecule has 1 aromatic heterocycles. The van der Waals surface area contributed by atoms with E-state index < -0.39 is 0 Å². The molecular formula is C32H26ClN5O3S. The summed E-state index contributed by atoms with van der Waals surface area (Å²) in [5, 5.41) is 13.5. The fraction of sp³-hybridized carbons (Fsp3) is 0.0625. The molecule has 210 valence electrons. The number of anilines is 3. The molecule has 0 aliphatic rings. The third-order valence-corrected chi connectivity index (χ3v) is 7.00. The summed E-state index contributed by atoms with van der Waals surface area (Å²) in [6.07, 6.45) is 1.51. The number of nitrogens with one attached hydrogen (secondary N) is 3. The fourth-order valence-electron chi connectivity index (χ4n) is 3.81. The minimum atomic E-state index is -0.346. The minimum Gasteiger partial charge on any atom is -0.484 e. The average molecular weight is 596 g/mol. The molecule has 0 aliphatic heterocycles. The third-order valence-electron chi connectivity index (χ3n) is 5.99. The highest BCUT2D eigenvalue weighted by atomic mass is 35.5. The number of aryl methyl sites for hydroxylation is 1. The van der Waals surface area contributed by atoms with Crippen molar-refractivity contribution in [1.82, 2.24) is 10.4 Å². The molecule has 5 rings (SSSR count). The molecule has 4 aromatic carbocycles. The molecule has 10 heteroatoms. The van der Waals surface area contributed by atoms with Crippen LogP contribution in [0.15, 0.2) is 108 Å². The van der Waals surface area contributed by atoms with Gasteiger partial charge in [0.15, 0.2) is 11.7 Å². The van der Waals surface area contributed by atoms with Gasteiger partial charge >= 0.3 is 0 Å². The maximum absolute atomic E-state index is 12.6. The molecule has 0 radical (unpaired) electrons. The minimum absolute atomic E-state index is 0.137. The van der Waals surface area contributed by atoms with Crippen molar-refractivity contribution in [2.75, 3.05) is 17.2 Å². The summed E-state index contributed by atoms with van der Waals surface area (Å²) in [7, 11) is 0. The number of rotatable bonds is 10. The van der Waals surface area contributed by atoms with Gasteiger partial charge in [-0.3, -0.25) is 9.59 Å². The van der Waals surface area contributed by atoms with Crippen molar-refractivity contribution in [3.8, 4) is 17.0 Å². The number of thiazole rings is 1. The maximum atomic E-state index is 12.6. The van der Waals surface area contributed by atoms with Crippen LogP contribution >= 0.6 is 22.9 Å². The quantitative estimate of drug-likeness (QED) is 0.116. The lowest BCUT2D eigenvalue weighted by Gasteiger charge is -2.08. The second kappa shape index (κ2) is 13.6. The highest BCUT2D eigenvalue weighted by Crippen LogP contribution is 2.28. The Morgan fingerprint density at radius 3 is 2.45 bits per heavy atom. The number of hydrogen-bond donors (Lipinski definition) is 3. The third kappa shape index (κ3) is 8.03. The summed E-state index contributed by atoms with van der Waals surface area (Å²) in [4.78, 5) is 29.4. The van der Waals surface area contributed by atoms with E-state index in [1.807, 2.05) is 79.0 Å². The van der Waals surface area contributed by atoms with Crippen molar-refractivity contribution < 1.29 is 14.3 Å². The molecule has 0 unspecified atom stereocenters. The predicted molar refractivity (Wildman–Crippen MR) is 169 cm³/mol. The lowest BCUT2D eigenvalue weighted by molar-refractivity contribution is -0.118. The van der Waals surface area contributed by atoms with Crippen LogP contribution in [-0.4, -0.2) is 29.6 Å². The smallest absolute Gasteiger partial charge is 0.271 e. The van der Waals surface area contributed by atoms with Gasteiger partial charge in [0.1, 0.15) is 5.75 Å². The van der Waals surface area contributed by atoms with E-state index in [9.17, 15) is 9.59 Å². The Hall–Kier alpha value is -4.99. The number of nitrogens with zero attached hydrogens (tertiary/aromatic N) is 2. The lowest BCUT2D eigenvalue weighted by Crippen LogP contribution is -2.20. The van der Waals surface area contributed by atoms with Crippen molar-refractivity contribution in [2.45, 2.75) is 6.92 Å². The van der Waals surface area contributed by atoms with E-state index in [1.165, 1.54) is 17.6 Å². The van der Waals surface area contributed by atoms with Gasteiger partial charge in [0.05, 0.1) is 11.9 Å². The van der Waals surface area contributed by atoms with Crippen molar-refractivity contribution in [3.05, 3.63) is 124 Å². The molecule has 8 nitrogen and oxygen atoms in total. The van der Waals surface area contributed by atoms with Gasteiger partial charge in [0, 0.05) is 32.9 Å². The van der Waals surface area contributed by atoms with Crippen molar-refractivity contribution in [1.29, 1.82) is 0 Å². The predicted octanol–water partition coefficient (Wildman–Crippen LogP) is 7.30. The Labute approximate surface area is 252 Å². The molecule has 0 spiro atoms. The molecule has 1 heterocycles. The van der Waals surface area contributed by atoms with Crippen molar-refractivity contribution in [3.63, 3.8) is 0 Å². The van der Waals surface area contributed by atoms with Crippen LogP contribution in [0.25, 0.3) is 11.3 Å². The highest BCUT2D eigenvalue weighted by Gasteiger charge is 2.09. The van der Waals surface area contributed by atoms with Gasteiger partial charge in [-0.1, -0.05) is 53.6 Å². The second-order valence-corrected chi connectivity index (χ2v) is 10.5. The second-order valence-electron chi connectivity index (χ2n) is 9.22. The summed E-state index contributed by atoms with van der Waals surface area (Å²) in [5.41, 5.74) is 8.11. The Bertz CT molecular complexity index is 1700. The molecule has 0 saturated carbocycles. The van der Waals surface area contributed by atoms with Crippen LogP contribution in [0.1, 0.15) is 21.5 Å². The normalized spacial score (nSPS) is 10.8. The van der Waals surface area contributed by atoms with Crippen LogP contribution in [0.4, 0.5) is 16.5 Å². The van der Waals surface area contributed by atoms with Crippen LogP contribution in [0.5, 0.6) is 5.75 Å². The number of ether oxygens (including phenoxy) is 1. The van der Waals surface area contributed by atoms with Gasteiger partial charge in [0.2, 0.25) is 0 Å². The first-order chi connectivity index (χ1) is 20.4. The standard InChI is InChI=1S/C32H26ClN5O3S/c1-21-5-13-26(14-6-21)35-30(39)19-41-28-4-2-3-22(17-28)18-34-38-31(40)24-9-7-23(8-10-24)29-20-42-32(37-29)36-27-15-11-25(33)12-16-27/h2-18,20H,19H2,1H3,(H,35,39)(H,36,37)(H,38,40)/b34-18-. The number of amides is 2. The number of carbonyl (C=O) groups is 2. The molecule has 0 bridgehead atoms. The van der Waals surface area contributed by atoms with Gasteiger partial charge in [0.25, 0.3) is 11.8 Å². The van der Waals surface area contributed by atoms with Crippen molar-refractivity contribution >= 4 is 57.5 Å². The van der Waals surface area contributed by atoms with Gasteiger partial charge in [-0.25, -0.2) is 10.4 Å². The lowest BCUT2D eigenvalue weighted by atomic mass is 10.1.